The Kier molecular flexibility index (Phi) is 7.51. The number of benzene rings is 2. The Morgan fingerprint density at radius 3 is 2.24 bits per heavy atom. The zero-order valence-electron chi connectivity index (χ0n) is 20.9. The molecule has 2 unspecified atom stereocenters. The van der Waals surface area contributed by atoms with Crippen LogP contribution in [0.1, 0.15) is 43.9 Å². The summed E-state index contributed by atoms with van der Waals surface area (Å²) < 4.78 is 0.845. The number of carbonyl (C=O) groups excluding carboxylic acids is 3. The lowest BCUT2D eigenvalue weighted by Crippen LogP contribution is -2.38. The summed E-state index contributed by atoms with van der Waals surface area (Å²) >= 11 is 1.30. The van der Waals surface area contributed by atoms with Crippen molar-refractivity contribution in [1.29, 1.82) is 0 Å². The van der Waals surface area contributed by atoms with Crippen LogP contribution in [0.2, 0.25) is 0 Å². The molecule has 0 fully saturated rings. The molecule has 0 spiro atoms. The highest BCUT2D eigenvalue weighted by atomic mass is 32.1. The predicted molar refractivity (Wildman–Crippen MR) is 143 cm³/mol. The maximum Gasteiger partial charge on any atom is 0.295 e. The van der Waals surface area contributed by atoms with E-state index in [2.05, 4.69) is 20.0 Å². The number of pyridine rings is 1. The van der Waals surface area contributed by atoms with Crippen LogP contribution in [0.3, 0.4) is 0 Å². The minimum absolute atomic E-state index is 0.171. The maximum absolute atomic E-state index is 13.6. The van der Waals surface area contributed by atoms with E-state index in [1.807, 2.05) is 0 Å². The number of aromatic nitrogens is 1. The van der Waals surface area contributed by atoms with Gasteiger partial charge in [0.25, 0.3) is 22.0 Å². The molecule has 2 atom stereocenters. The van der Waals surface area contributed by atoms with E-state index < -0.39 is 46.5 Å². The smallest absolute Gasteiger partial charge is 0.295 e. The van der Waals surface area contributed by atoms with Crippen molar-refractivity contribution in [2.75, 3.05) is 18.5 Å². The van der Waals surface area contributed by atoms with Gasteiger partial charge in [-0.05, 0) is 40.8 Å². The monoisotopic (exact) mass is 577 g/mol. The van der Waals surface area contributed by atoms with Crippen LogP contribution in [0, 0.1) is 20.2 Å². The Morgan fingerprint density at radius 1 is 0.976 bits per heavy atom. The van der Waals surface area contributed by atoms with Crippen molar-refractivity contribution in [1.82, 2.24) is 9.88 Å². The van der Waals surface area contributed by atoms with Gasteiger partial charge >= 0.3 is 0 Å². The van der Waals surface area contributed by atoms with Gasteiger partial charge in [0.15, 0.2) is 6.10 Å². The van der Waals surface area contributed by atoms with Gasteiger partial charge < -0.3 is 15.0 Å². The zero-order chi connectivity index (χ0) is 29.1. The number of anilines is 1. The molecule has 1 aliphatic heterocycles. The summed E-state index contributed by atoms with van der Waals surface area (Å²) in [7, 11) is 0. The van der Waals surface area contributed by atoms with Gasteiger partial charge in [0.2, 0.25) is 5.91 Å². The second-order valence-electron chi connectivity index (χ2n) is 8.84. The highest BCUT2D eigenvalue weighted by molar-refractivity contribution is 7.22. The highest BCUT2D eigenvalue weighted by Gasteiger charge is 2.38. The minimum Gasteiger partial charge on any atom is -0.317 e. The summed E-state index contributed by atoms with van der Waals surface area (Å²) in [6.07, 6.45) is 1.87. The summed E-state index contributed by atoms with van der Waals surface area (Å²) in [5.74, 6) is -2.63. The third kappa shape index (κ3) is 5.79. The Labute approximate surface area is 234 Å². The van der Waals surface area contributed by atoms with Crippen LogP contribution in [-0.4, -0.2) is 50.9 Å². The van der Waals surface area contributed by atoms with E-state index in [-0.39, 0.29) is 23.2 Å². The van der Waals surface area contributed by atoms with E-state index in [4.69, 9.17) is 0 Å². The molecule has 14 nitrogen and oxygen atoms in total. The summed E-state index contributed by atoms with van der Waals surface area (Å²) in [6.45, 7) is -1.03. The lowest BCUT2D eigenvalue weighted by molar-refractivity contribution is -0.792. The topological polar surface area (TPSA) is 184 Å². The Morgan fingerprint density at radius 2 is 1.63 bits per heavy atom. The van der Waals surface area contributed by atoms with Crippen LogP contribution in [-0.2, 0) is 14.5 Å². The Balaban J connectivity index is 1.44. The molecule has 0 radical (unpaired) electrons. The molecule has 5 rings (SSSR count). The van der Waals surface area contributed by atoms with Gasteiger partial charge in [-0.3, -0.25) is 24.3 Å². The molecular formula is C26H19N5O9S. The number of carbonyl (C=O) groups is 3. The molecule has 0 saturated carbocycles. The van der Waals surface area contributed by atoms with E-state index >= 15 is 0 Å². The van der Waals surface area contributed by atoms with E-state index in [0.29, 0.717) is 10.6 Å². The number of nitrogens with zero attached hydrogens (tertiary/aromatic N) is 4. The maximum atomic E-state index is 13.6. The third-order valence-corrected chi connectivity index (χ3v) is 7.39. The number of fused-ring (bicyclic) bond motifs is 2. The van der Waals surface area contributed by atoms with Crippen molar-refractivity contribution in [3.63, 3.8) is 0 Å². The lowest BCUT2D eigenvalue weighted by atomic mass is 9.95. The number of amides is 3. The third-order valence-electron chi connectivity index (χ3n) is 6.38. The molecular weight excluding hydrogens is 558 g/mol. The second kappa shape index (κ2) is 11.4. The molecule has 15 heteroatoms. The van der Waals surface area contributed by atoms with Crippen LogP contribution >= 0.6 is 11.3 Å². The second-order valence-corrected chi connectivity index (χ2v) is 9.92. The van der Waals surface area contributed by atoms with Crippen molar-refractivity contribution in [3.8, 4) is 0 Å². The van der Waals surface area contributed by atoms with Crippen molar-refractivity contribution < 1.29 is 34.2 Å². The first kappa shape index (κ1) is 27.1. The largest absolute Gasteiger partial charge is 0.317 e. The standard InChI is InChI=1S/C26H19N5O9S/c32-24(28-23-11-17-9-10-27-12-22(17)41-23)20(13-29-25(33)18-3-1-2-4-19(18)26(29)34)15-5-7-16(8-6-15)21(40-31(37)38)14-39-30(35)36/h1-12,20-21H,13-14H2,(H,28,32). The van der Waals surface area contributed by atoms with Crippen LogP contribution in [0.15, 0.2) is 73.1 Å². The highest BCUT2D eigenvalue weighted by Crippen LogP contribution is 2.32. The molecule has 2 aromatic heterocycles. The molecule has 0 bridgehead atoms. The fourth-order valence-corrected chi connectivity index (χ4v) is 5.38. The van der Waals surface area contributed by atoms with Crippen molar-refractivity contribution >= 4 is 44.1 Å². The van der Waals surface area contributed by atoms with Crippen molar-refractivity contribution in [2.45, 2.75) is 12.0 Å². The van der Waals surface area contributed by atoms with E-state index in [1.54, 1.807) is 36.7 Å². The average Bonchev–Trinajstić information content (AvgIpc) is 3.47. The summed E-state index contributed by atoms with van der Waals surface area (Å²) in [5, 5.41) is 23.6. The normalized spacial score (nSPS) is 13.9. The predicted octanol–water partition coefficient (Wildman–Crippen LogP) is 3.77. The van der Waals surface area contributed by atoms with E-state index in [0.717, 1.165) is 15.0 Å². The molecule has 3 heterocycles. The molecule has 0 saturated heterocycles. The SMILES string of the molecule is O=C(Nc1cc2ccncc2s1)C(CN1C(=O)c2ccccc2C1=O)c1ccc(C(CO[N+](=O)[O-])O[N+](=O)[O-])cc1. The summed E-state index contributed by atoms with van der Waals surface area (Å²) in [6, 6.07) is 15.6. The van der Waals surface area contributed by atoms with Gasteiger partial charge in [-0.15, -0.1) is 31.6 Å². The zero-order valence-corrected chi connectivity index (χ0v) is 21.7. The Hall–Kier alpha value is -5.44. The number of rotatable bonds is 11. The first-order valence-electron chi connectivity index (χ1n) is 12.0. The molecule has 41 heavy (non-hydrogen) atoms. The van der Waals surface area contributed by atoms with Gasteiger partial charge in [-0.2, -0.15) is 0 Å². The summed E-state index contributed by atoms with van der Waals surface area (Å²) in [5.41, 5.74) is 1.01. The number of thiophene rings is 1. The van der Waals surface area contributed by atoms with Gasteiger partial charge in [0.1, 0.15) is 6.61 Å². The Bertz CT molecular complexity index is 1610. The molecule has 3 amide bonds. The van der Waals surface area contributed by atoms with Crippen LogP contribution in [0.25, 0.3) is 10.1 Å². The van der Waals surface area contributed by atoms with Gasteiger partial charge in [0.05, 0.1) is 26.7 Å². The first-order chi connectivity index (χ1) is 19.7. The fraction of sp³-hybridized carbons (Fsp3) is 0.154. The van der Waals surface area contributed by atoms with Gasteiger partial charge in [-0.25, -0.2) is 0 Å². The molecule has 208 valence electrons. The number of nitrogens with one attached hydrogen (secondary N) is 1. The van der Waals surface area contributed by atoms with Gasteiger partial charge in [-0.1, -0.05) is 36.4 Å². The number of hydrogen-bond donors (Lipinski definition) is 1. The average molecular weight is 578 g/mol. The molecule has 1 aliphatic rings. The molecule has 0 aliphatic carbocycles. The molecule has 4 aromatic rings. The van der Waals surface area contributed by atoms with Crippen molar-refractivity contribution in [2.24, 2.45) is 0 Å². The van der Waals surface area contributed by atoms with Crippen molar-refractivity contribution in [3.05, 3.63) is 116 Å². The van der Waals surface area contributed by atoms with E-state index in [1.165, 1.54) is 47.7 Å². The summed E-state index contributed by atoms with van der Waals surface area (Å²) in [4.78, 5) is 75.1. The van der Waals surface area contributed by atoms with E-state index in [9.17, 15) is 34.6 Å². The first-order valence-corrected chi connectivity index (χ1v) is 12.8. The van der Waals surface area contributed by atoms with Crippen LogP contribution in [0.5, 0.6) is 0 Å². The minimum atomic E-state index is -1.42. The fourth-order valence-electron chi connectivity index (χ4n) is 4.44. The molecule has 1 N–H and O–H groups in total. The molecule has 2 aromatic carbocycles. The number of imide groups is 1. The lowest BCUT2D eigenvalue weighted by Gasteiger charge is -2.23. The van der Waals surface area contributed by atoms with Gasteiger partial charge in [0, 0.05) is 18.9 Å². The van der Waals surface area contributed by atoms with Crippen LogP contribution in [0.4, 0.5) is 5.00 Å². The number of hydrogen-bond acceptors (Lipinski definition) is 11. The quantitative estimate of drug-likeness (QED) is 0.156. The van der Waals surface area contributed by atoms with Crippen LogP contribution < -0.4 is 5.32 Å².